The average molecular weight is 324 g/mol. The Labute approximate surface area is 139 Å². The lowest BCUT2D eigenvalue weighted by Crippen LogP contribution is -2.40. The number of hydrogen-bond donors (Lipinski definition) is 1. The van der Waals surface area contributed by atoms with Crippen molar-refractivity contribution in [3.05, 3.63) is 54.1 Å². The minimum atomic E-state index is -1.09. The second kappa shape index (κ2) is 5.26. The molecule has 0 aromatic heterocycles. The van der Waals surface area contributed by atoms with Crippen molar-refractivity contribution in [1.29, 1.82) is 0 Å². The third-order valence-electron chi connectivity index (χ3n) is 4.33. The summed E-state index contributed by atoms with van der Waals surface area (Å²) in [7, 11) is 0. The highest BCUT2D eigenvalue weighted by Gasteiger charge is 2.49. The van der Waals surface area contributed by atoms with E-state index in [9.17, 15) is 9.59 Å². The zero-order chi connectivity index (χ0) is 16.7. The van der Waals surface area contributed by atoms with Crippen LogP contribution in [-0.4, -0.2) is 25.2 Å². The van der Waals surface area contributed by atoms with E-state index in [1.165, 1.54) is 0 Å². The molecule has 122 valence electrons. The van der Waals surface area contributed by atoms with Crippen molar-refractivity contribution in [2.24, 2.45) is 0 Å². The number of benzene rings is 2. The summed E-state index contributed by atoms with van der Waals surface area (Å²) in [5, 5.41) is 2.79. The minimum Gasteiger partial charge on any atom is -0.486 e. The third kappa shape index (κ3) is 2.11. The molecule has 2 heterocycles. The van der Waals surface area contributed by atoms with Gasteiger partial charge in [0, 0.05) is 6.07 Å². The van der Waals surface area contributed by atoms with Gasteiger partial charge in [-0.2, -0.15) is 0 Å². The van der Waals surface area contributed by atoms with Gasteiger partial charge in [-0.05, 0) is 24.6 Å². The fourth-order valence-corrected chi connectivity index (χ4v) is 3.01. The first-order valence-corrected chi connectivity index (χ1v) is 7.71. The molecule has 1 fully saturated rings. The first kappa shape index (κ1) is 14.6. The molecule has 0 saturated carbocycles. The van der Waals surface area contributed by atoms with Crippen LogP contribution in [0, 0.1) is 0 Å². The van der Waals surface area contributed by atoms with Crippen molar-refractivity contribution in [3.8, 4) is 11.5 Å². The predicted octanol–water partition coefficient (Wildman–Crippen LogP) is 2.43. The second-order valence-corrected chi connectivity index (χ2v) is 5.89. The van der Waals surface area contributed by atoms with Crippen molar-refractivity contribution in [2.45, 2.75) is 12.5 Å². The van der Waals surface area contributed by atoms with Crippen LogP contribution in [0.25, 0.3) is 0 Å². The molecule has 0 radical (unpaired) electrons. The van der Waals surface area contributed by atoms with Gasteiger partial charge in [-0.3, -0.25) is 4.79 Å². The van der Waals surface area contributed by atoms with E-state index < -0.39 is 11.6 Å². The van der Waals surface area contributed by atoms with E-state index in [4.69, 9.17) is 9.47 Å². The van der Waals surface area contributed by atoms with E-state index in [-0.39, 0.29) is 5.91 Å². The number of imide groups is 1. The van der Waals surface area contributed by atoms with Crippen LogP contribution in [0.4, 0.5) is 10.5 Å². The van der Waals surface area contributed by atoms with E-state index >= 15 is 0 Å². The smallest absolute Gasteiger partial charge is 0.329 e. The zero-order valence-electron chi connectivity index (χ0n) is 13.1. The molecule has 0 spiro atoms. The number of nitrogens with zero attached hydrogens (tertiary/aromatic N) is 1. The predicted molar refractivity (Wildman–Crippen MR) is 87.2 cm³/mol. The molecule has 2 aliphatic rings. The van der Waals surface area contributed by atoms with Gasteiger partial charge in [0.05, 0.1) is 5.69 Å². The second-order valence-electron chi connectivity index (χ2n) is 5.89. The van der Waals surface area contributed by atoms with Crippen LogP contribution in [0.15, 0.2) is 48.5 Å². The Morgan fingerprint density at radius 3 is 2.46 bits per heavy atom. The summed E-state index contributed by atoms with van der Waals surface area (Å²) in [6, 6.07) is 13.8. The standard InChI is InChI=1S/C18H16N2O4/c1-18(12-5-3-2-4-6-12)16(21)20(17(22)19-18)13-7-8-14-15(11-13)24-10-9-23-14/h2-8,11H,9-10H2,1H3,(H,19,22). The maximum absolute atomic E-state index is 13.0. The summed E-state index contributed by atoms with van der Waals surface area (Å²) < 4.78 is 11.0. The number of rotatable bonds is 2. The Balaban J connectivity index is 1.72. The van der Waals surface area contributed by atoms with E-state index in [0.29, 0.717) is 30.4 Å². The third-order valence-corrected chi connectivity index (χ3v) is 4.33. The SMILES string of the molecule is CC1(c2ccccc2)NC(=O)N(c2ccc3c(c2)OCCO3)C1=O. The van der Waals surface area contributed by atoms with Crippen molar-refractivity contribution < 1.29 is 19.1 Å². The molecule has 24 heavy (non-hydrogen) atoms. The number of urea groups is 1. The quantitative estimate of drug-likeness (QED) is 0.862. The molecule has 2 aliphatic heterocycles. The van der Waals surface area contributed by atoms with Gasteiger partial charge in [-0.1, -0.05) is 30.3 Å². The lowest BCUT2D eigenvalue weighted by Gasteiger charge is -2.23. The van der Waals surface area contributed by atoms with Crippen LogP contribution in [-0.2, 0) is 10.3 Å². The van der Waals surface area contributed by atoms with Gasteiger partial charge < -0.3 is 14.8 Å². The number of amides is 3. The maximum Gasteiger partial charge on any atom is 0.329 e. The van der Waals surface area contributed by atoms with Crippen molar-refractivity contribution in [1.82, 2.24) is 5.32 Å². The fraction of sp³-hybridized carbons (Fsp3) is 0.222. The number of carbonyl (C=O) groups is 2. The highest BCUT2D eigenvalue weighted by Crippen LogP contribution is 2.37. The molecular formula is C18H16N2O4. The Morgan fingerprint density at radius 1 is 1.00 bits per heavy atom. The number of anilines is 1. The molecule has 1 N–H and O–H groups in total. The van der Waals surface area contributed by atoms with Crippen LogP contribution in [0.3, 0.4) is 0 Å². The van der Waals surface area contributed by atoms with Crippen molar-refractivity contribution >= 4 is 17.6 Å². The van der Waals surface area contributed by atoms with E-state index in [2.05, 4.69) is 5.32 Å². The highest BCUT2D eigenvalue weighted by atomic mass is 16.6. The number of ether oxygens (including phenoxy) is 2. The zero-order valence-corrected chi connectivity index (χ0v) is 13.1. The summed E-state index contributed by atoms with van der Waals surface area (Å²) in [6.07, 6.45) is 0. The maximum atomic E-state index is 13.0. The van der Waals surface area contributed by atoms with Gasteiger partial charge in [0.15, 0.2) is 11.5 Å². The molecule has 1 saturated heterocycles. The van der Waals surface area contributed by atoms with Crippen LogP contribution < -0.4 is 19.7 Å². The van der Waals surface area contributed by atoms with E-state index in [0.717, 1.165) is 10.5 Å². The van der Waals surface area contributed by atoms with Crippen LogP contribution in [0.2, 0.25) is 0 Å². The van der Waals surface area contributed by atoms with Crippen molar-refractivity contribution in [2.75, 3.05) is 18.1 Å². The molecule has 0 bridgehead atoms. The van der Waals surface area contributed by atoms with Gasteiger partial charge in [0.25, 0.3) is 5.91 Å². The highest BCUT2D eigenvalue weighted by molar-refractivity contribution is 6.23. The van der Waals surface area contributed by atoms with E-state index in [1.54, 1.807) is 25.1 Å². The molecule has 2 aromatic rings. The Kier molecular flexibility index (Phi) is 3.19. The summed E-state index contributed by atoms with van der Waals surface area (Å²) in [5.74, 6) is 0.825. The fourth-order valence-electron chi connectivity index (χ4n) is 3.01. The Hall–Kier alpha value is -3.02. The van der Waals surface area contributed by atoms with Gasteiger partial charge in [-0.25, -0.2) is 9.69 Å². The molecular weight excluding hydrogens is 308 g/mol. The largest absolute Gasteiger partial charge is 0.486 e. The number of fused-ring (bicyclic) bond motifs is 1. The van der Waals surface area contributed by atoms with Crippen LogP contribution in [0.1, 0.15) is 12.5 Å². The normalized spacial score (nSPS) is 22.5. The van der Waals surface area contributed by atoms with Gasteiger partial charge >= 0.3 is 6.03 Å². The first-order chi connectivity index (χ1) is 11.6. The summed E-state index contributed by atoms with van der Waals surface area (Å²) in [4.78, 5) is 26.6. The average Bonchev–Trinajstić information content (AvgIpc) is 2.85. The Morgan fingerprint density at radius 2 is 1.71 bits per heavy atom. The molecule has 3 amide bonds. The molecule has 6 heteroatoms. The number of hydrogen-bond acceptors (Lipinski definition) is 4. The summed E-state index contributed by atoms with van der Waals surface area (Å²) >= 11 is 0. The number of carbonyl (C=O) groups excluding carboxylic acids is 2. The van der Waals surface area contributed by atoms with Gasteiger partial charge in [0.2, 0.25) is 0 Å². The first-order valence-electron chi connectivity index (χ1n) is 7.71. The van der Waals surface area contributed by atoms with Gasteiger partial charge in [0.1, 0.15) is 18.8 Å². The number of nitrogens with one attached hydrogen (secondary N) is 1. The van der Waals surface area contributed by atoms with Crippen LogP contribution in [0.5, 0.6) is 11.5 Å². The summed E-state index contributed by atoms with van der Waals surface area (Å²) in [5.41, 5.74) is 0.107. The van der Waals surface area contributed by atoms with Crippen LogP contribution >= 0.6 is 0 Å². The molecule has 6 nitrogen and oxygen atoms in total. The molecule has 1 unspecified atom stereocenters. The lowest BCUT2D eigenvalue weighted by molar-refractivity contribution is -0.121. The molecule has 1 atom stereocenters. The molecule has 2 aromatic carbocycles. The summed E-state index contributed by atoms with van der Waals surface area (Å²) in [6.45, 7) is 2.64. The lowest BCUT2D eigenvalue weighted by atomic mass is 9.92. The topological polar surface area (TPSA) is 67.9 Å². The Bertz CT molecular complexity index is 821. The van der Waals surface area contributed by atoms with Crippen molar-refractivity contribution in [3.63, 3.8) is 0 Å². The molecule has 4 rings (SSSR count). The minimum absolute atomic E-state index is 0.324. The van der Waals surface area contributed by atoms with E-state index in [1.807, 2.05) is 30.3 Å². The van der Waals surface area contributed by atoms with Gasteiger partial charge in [-0.15, -0.1) is 0 Å². The molecule has 0 aliphatic carbocycles. The monoisotopic (exact) mass is 324 g/mol.